The summed E-state index contributed by atoms with van der Waals surface area (Å²) in [6.07, 6.45) is -1.15. The molecule has 8 heteroatoms. The third-order valence-electron chi connectivity index (χ3n) is 4.39. The maximum atomic E-state index is 12.6. The molecule has 1 saturated heterocycles. The van der Waals surface area contributed by atoms with Crippen molar-refractivity contribution in [2.75, 3.05) is 52.6 Å². The zero-order valence-corrected chi connectivity index (χ0v) is 16.2. The lowest BCUT2D eigenvalue weighted by atomic mass is 10.1. The predicted molar refractivity (Wildman–Crippen MR) is 96.8 cm³/mol. The Balaban J connectivity index is 2.51. The summed E-state index contributed by atoms with van der Waals surface area (Å²) >= 11 is 1.79. The topological polar surface area (TPSA) is 30.9 Å². The average molecular weight is 369 g/mol. The third kappa shape index (κ3) is 7.51. The highest BCUT2D eigenvalue weighted by molar-refractivity contribution is 7.99. The number of likely N-dealkylation sites (tertiary alicyclic amines) is 1. The largest absolute Gasteiger partial charge is 0.401 e. The molecule has 0 radical (unpaired) electrons. The Hall–Kier alpha value is -0.630. The zero-order chi connectivity index (χ0) is 18.4. The second kappa shape index (κ2) is 9.17. The van der Waals surface area contributed by atoms with E-state index >= 15 is 0 Å². The smallest absolute Gasteiger partial charge is 0.355 e. The van der Waals surface area contributed by atoms with E-state index in [4.69, 9.17) is 0 Å². The van der Waals surface area contributed by atoms with E-state index in [0.29, 0.717) is 13.1 Å². The van der Waals surface area contributed by atoms with E-state index in [9.17, 15) is 13.2 Å². The van der Waals surface area contributed by atoms with Crippen molar-refractivity contribution < 1.29 is 13.2 Å². The number of aliphatic imine (C=N–C) groups is 1. The second-order valence-electron chi connectivity index (χ2n) is 6.91. The van der Waals surface area contributed by atoms with Crippen LogP contribution in [-0.4, -0.2) is 79.3 Å². The van der Waals surface area contributed by atoms with Gasteiger partial charge >= 0.3 is 6.18 Å². The fraction of sp³-hybridized carbons (Fsp3) is 0.938. The molecule has 0 bridgehead atoms. The van der Waals surface area contributed by atoms with Gasteiger partial charge in [0, 0.05) is 38.0 Å². The highest BCUT2D eigenvalue weighted by atomic mass is 32.2. The molecule has 0 amide bonds. The summed E-state index contributed by atoms with van der Waals surface area (Å²) in [7, 11) is 1.75. The first-order valence-corrected chi connectivity index (χ1v) is 9.62. The highest BCUT2D eigenvalue weighted by Crippen LogP contribution is 2.22. The number of nitrogens with one attached hydrogen (secondary N) is 1. The van der Waals surface area contributed by atoms with Gasteiger partial charge < -0.3 is 10.2 Å². The number of halogens is 3. The number of rotatable bonds is 7. The van der Waals surface area contributed by atoms with Gasteiger partial charge in [0.05, 0.1) is 6.54 Å². The molecule has 1 atom stereocenters. The molecule has 1 unspecified atom stereocenters. The molecule has 24 heavy (non-hydrogen) atoms. The van der Waals surface area contributed by atoms with Gasteiger partial charge in [0.25, 0.3) is 0 Å². The summed E-state index contributed by atoms with van der Waals surface area (Å²) in [6.45, 7) is 8.60. The van der Waals surface area contributed by atoms with E-state index in [1.807, 2.05) is 0 Å². The van der Waals surface area contributed by atoms with Gasteiger partial charge in [0.15, 0.2) is 5.96 Å². The SMILES string of the molecule is CCN(CC1CCN(C(=NC)NCC(C)(C)SC)C1)CC(F)(F)F. The third-order valence-corrected chi connectivity index (χ3v) is 5.64. The second-order valence-corrected chi connectivity index (χ2v) is 8.42. The zero-order valence-electron chi connectivity index (χ0n) is 15.4. The van der Waals surface area contributed by atoms with Crippen LogP contribution in [0.4, 0.5) is 13.2 Å². The standard InChI is InChI=1S/C16H31F3N4S/c1-6-22(12-16(17,18)19)9-13-7-8-23(10-13)14(20-4)21-11-15(2,3)24-5/h13H,6-12H2,1-5H3,(H,20,21). The first-order valence-electron chi connectivity index (χ1n) is 8.40. The molecule has 0 aromatic carbocycles. The molecular formula is C16H31F3N4S. The molecule has 0 aromatic heterocycles. The molecule has 1 rings (SSSR count). The molecule has 0 aliphatic carbocycles. The Labute approximate surface area is 148 Å². The van der Waals surface area contributed by atoms with Crippen LogP contribution in [0.15, 0.2) is 4.99 Å². The van der Waals surface area contributed by atoms with Crippen LogP contribution in [0, 0.1) is 5.92 Å². The van der Waals surface area contributed by atoms with Gasteiger partial charge in [-0.3, -0.25) is 9.89 Å². The summed E-state index contributed by atoms with van der Waals surface area (Å²) in [4.78, 5) is 7.97. The molecule has 1 heterocycles. The monoisotopic (exact) mass is 368 g/mol. The maximum absolute atomic E-state index is 12.6. The number of thioether (sulfide) groups is 1. The number of alkyl halides is 3. The van der Waals surface area contributed by atoms with Gasteiger partial charge in [0.2, 0.25) is 0 Å². The molecule has 142 valence electrons. The Morgan fingerprint density at radius 1 is 1.38 bits per heavy atom. The van der Waals surface area contributed by atoms with Crippen LogP contribution in [0.2, 0.25) is 0 Å². The van der Waals surface area contributed by atoms with Crippen molar-refractivity contribution in [3.63, 3.8) is 0 Å². The van der Waals surface area contributed by atoms with Crippen LogP contribution >= 0.6 is 11.8 Å². The Bertz CT molecular complexity index is 413. The quantitative estimate of drug-likeness (QED) is 0.553. The summed E-state index contributed by atoms with van der Waals surface area (Å²) in [5.74, 6) is 1.10. The lowest BCUT2D eigenvalue weighted by molar-refractivity contribution is -0.146. The summed E-state index contributed by atoms with van der Waals surface area (Å²) in [5, 5.41) is 3.39. The van der Waals surface area contributed by atoms with Crippen LogP contribution in [0.1, 0.15) is 27.2 Å². The average Bonchev–Trinajstić information content (AvgIpc) is 2.94. The van der Waals surface area contributed by atoms with Gasteiger partial charge in [-0.1, -0.05) is 6.92 Å². The minimum absolute atomic E-state index is 0.112. The van der Waals surface area contributed by atoms with Gasteiger partial charge in [-0.15, -0.1) is 0 Å². The molecule has 1 fully saturated rings. The van der Waals surface area contributed by atoms with Crippen molar-refractivity contribution in [1.29, 1.82) is 0 Å². The first kappa shape index (κ1) is 21.4. The molecule has 1 N–H and O–H groups in total. The van der Waals surface area contributed by atoms with Crippen molar-refractivity contribution >= 4 is 17.7 Å². The highest BCUT2D eigenvalue weighted by Gasteiger charge is 2.33. The molecular weight excluding hydrogens is 337 g/mol. The summed E-state index contributed by atoms with van der Waals surface area (Å²) in [6, 6.07) is 0. The number of nitrogens with zero attached hydrogens (tertiary/aromatic N) is 3. The van der Waals surface area contributed by atoms with Crippen LogP contribution in [0.5, 0.6) is 0 Å². The van der Waals surface area contributed by atoms with Crippen LogP contribution in [0.3, 0.4) is 0 Å². The van der Waals surface area contributed by atoms with E-state index in [1.54, 1.807) is 25.7 Å². The number of hydrogen-bond donors (Lipinski definition) is 1. The predicted octanol–water partition coefficient (Wildman–Crippen LogP) is 2.91. The van der Waals surface area contributed by atoms with Crippen LogP contribution < -0.4 is 5.32 Å². The van der Waals surface area contributed by atoms with Crippen LogP contribution in [0.25, 0.3) is 0 Å². The summed E-state index contributed by atoms with van der Waals surface area (Å²) in [5.41, 5.74) is 0. The van der Waals surface area contributed by atoms with Crippen molar-refractivity contribution in [1.82, 2.24) is 15.1 Å². The van der Waals surface area contributed by atoms with Gasteiger partial charge in [-0.25, -0.2) is 0 Å². The minimum atomic E-state index is -4.13. The van der Waals surface area contributed by atoms with E-state index < -0.39 is 12.7 Å². The Morgan fingerprint density at radius 3 is 2.54 bits per heavy atom. The fourth-order valence-electron chi connectivity index (χ4n) is 2.79. The van der Waals surface area contributed by atoms with Crippen molar-refractivity contribution in [2.45, 2.75) is 38.1 Å². The molecule has 1 aliphatic rings. The lowest BCUT2D eigenvalue weighted by Gasteiger charge is -2.28. The van der Waals surface area contributed by atoms with Gasteiger partial charge in [0.1, 0.15) is 0 Å². The van der Waals surface area contributed by atoms with E-state index in [-0.39, 0.29) is 10.7 Å². The molecule has 4 nitrogen and oxygen atoms in total. The van der Waals surface area contributed by atoms with Crippen LogP contribution in [-0.2, 0) is 0 Å². The Morgan fingerprint density at radius 2 is 2.04 bits per heavy atom. The maximum Gasteiger partial charge on any atom is 0.401 e. The Kier molecular flexibility index (Phi) is 8.19. The van der Waals surface area contributed by atoms with E-state index in [0.717, 1.165) is 32.0 Å². The molecule has 0 aromatic rings. The van der Waals surface area contributed by atoms with Crippen molar-refractivity contribution in [3.8, 4) is 0 Å². The van der Waals surface area contributed by atoms with Gasteiger partial charge in [-0.2, -0.15) is 24.9 Å². The minimum Gasteiger partial charge on any atom is -0.355 e. The molecule has 0 saturated carbocycles. The van der Waals surface area contributed by atoms with Gasteiger partial charge in [-0.05, 0) is 39.0 Å². The van der Waals surface area contributed by atoms with Crippen molar-refractivity contribution in [2.24, 2.45) is 10.9 Å². The first-order chi connectivity index (χ1) is 11.1. The van der Waals surface area contributed by atoms with E-state index in [1.165, 1.54) is 4.90 Å². The van der Waals surface area contributed by atoms with Crippen molar-refractivity contribution in [3.05, 3.63) is 0 Å². The number of guanidine groups is 1. The number of hydrogen-bond acceptors (Lipinski definition) is 3. The summed E-state index contributed by atoms with van der Waals surface area (Å²) < 4.78 is 37.9. The fourth-order valence-corrected chi connectivity index (χ4v) is 3.01. The van der Waals surface area contributed by atoms with E-state index in [2.05, 4.69) is 35.3 Å². The molecule has 1 aliphatic heterocycles. The molecule has 0 spiro atoms. The normalized spacial score (nSPS) is 20.1. The lowest BCUT2D eigenvalue weighted by Crippen LogP contribution is -2.45.